The summed E-state index contributed by atoms with van der Waals surface area (Å²) in [6.45, 7) is 2.22. The average molecular weight is 297 g/mol. The molecule has 1 N–H and O–H groups in total. The van der Waals surface area contributed by atoms with Crippen LogP contribution in [0.4, 0.5) is 17.6 Å². The van der Waals surface area contributed by atoms with Crippen molar-refractivity contribution in [3.63, 3.8) is 0 Å². The van der Waals surface area contributed by atoms with Crippen molar-refractivity contribution in [3.05, 3.63) is 70.5 Å². The molecule has 0 bridgehead atoms. The molecule has 112 valence electrons. The molecule has 2 aromatic carbocycles. The van der Waals surface area contributed by atoms with Crippen LogP contribution in [0, 0.1) is 12.7 Å². The van der Waals surface area contributed by atoms with Gasteiger partial charge in [-0.25, -0.2) is 4.39 Å². The lowest BCUT2D eigenvalue weighted by atomic mass is 10.1. The SMILES string of the molecule is Cc1ccc(F)cc1CNCc1ccccc1C(F)(F)F. The molecule has 21 heavy (non-hydrogen) atoms. The zero-order valence-corrected chi connectivity index (χ0v) is 11.5. The molecule has 0 aliphatic carbocycles. The highest BCUT2D eigenvalue weighted by molar-refractivity contribution is 5.30. The van der Waals surface area contributed by atoms with E-state index < -0.39 is 11.7 Å². The molecule has 0 unspecified atom stereocenters. The molecule has 0 aliphatic heterocycles. The Hall–Kier alpha value is -1.88. The van der Waals surface area contributed by atoms with Gasteiger partial charge in [0.1, 0.15) is 5.82 Å². The molecule has 0 saturated carbocycles. The van der Waals surface area contributed by atoms with Crippen LogP contribution in [0.25, 0.3) is 0 Å². The summed E-state index contributed by atoms with van der Waals surface area (Å²) in [5, 5.41) is 2.93. The first-order chi connectivity index (χ1) is 9.88. The molecule has 0 aliphatic rings. The van der Waals surface area contributed by atoms with Gasteiger partial charge in [-0.2, -0.15) is 13.2 Å². The third-order valence-corrected chi connectivity index (χ3v) is 3.26. The van der Waals surface area contributed by atoms with Gasteiger partial charge in [0, 0.05) is 13.1 Å². The number of nitrogens with one attached hydrogen (secondary N) is 1. The van der Waals surface area contributed by atoms with Crippen LogP contribution in [0.15, 0.2) is 42.5 Å². The van der Waals surface area contributed by atoms with E-state index in [0.717, 1.165) is 17.2 Å². The molecule has 2 rings (SSSR count). The maximum absolute atomic E-state index is 13.1. The van der Waals surface area contributed by atoms with Crippen molar-refractivity contribution >= 4 is 0 Å². The fourth-order valence-electron chi connectivity index (χ4n) is 2.11. The second-order valence-electron chi connectivity index (χ2n) is 4.83. The van der Waals surface area contributed by atoms with Crippen molar-refractivity contribution in [3.8, 4) is 0 Å². The van der Waals surface area contributed by atoms with Gasteiger partial charge in [0.05, 0.1) is 5.56 Å². The number of halogens is 4. The number of rotatable bonds is 4. The van der Waals surface area contributed by atoms with Gasteiger partial charge in [-0.3, -0.25) is 0 Å². The normalized spacial score (nSPS) is 11.7. The zero-order valence-electron chi connectivity index (χ0n) is 11.5. The number of aryl methyl sites for hydroxylation is 1. The van der Waals surface area contributed by atoms with Crippen LogP contribution < -0.4 is 5.32 Å². The molecule has 0 saturated heterocycles. The Bertz CT molecular complexity index is 620. The third kappa shape index (κ3) is 4.04. The van der Waals surface area contributed by atoms with Crippen LogP contribution in [0.3, 0.4) is 0 Å². The van der Waals surface area contributed by atoms with Gasteiger partial charge < -0.3 is 5.32 Å². The molecule has 0 aromatic heterocycles. The maximum atomic E-state index is 13.1. The topological polar surface area (TPSA) is 12.0 Å². The van der Waals surface area contributed by atoms with E-state index in [2.05, 4.69) is 5.32 Å². The van der Waals surface area contributed by atoms with Crippen LogP contribution in [-0.4, -0.2) is 0 Å². The first-order valence-electron chi connectivity index (χ1n) is 6.49. The highest BCUT2D eigenvalue weighted by Gasteiger charge is 2.32. The quantitative estimate of drug-likeness (QED) is 0.823. The lowest BCUT2D eigenvalue weighted by Crippen LogP contribution is -2.17. The highest BCUT2D eigenvalue weighted by atomic mass is 19.4. The van der Waals surface area contributed by atoms with Crippen LogP contribution in [0.1, 0.15) is 22.3 Å². The van der Waals surface area contributed by atoms with Gasteiger partial charge in [0.25, 0.3) is 0 Å². The van der Waals surface area contributed by atoms with E-state index in [1.54, 1.807) is 12.1 Å². The van der Waals surface area contributed by atoms with E-state index in [1.165, 1.54) is 24.3 Å². The number of alkyl halides is 3. The molecule has 0 heterocycles. The summed E-state index contributed by atoms with van der Waals surface area (Å²) in [5.41, 5.74) is 1.17. The van der Waals surface area contributed by atoms with Gasteiger partial charge in [-0.15, -0.1) is 0 Å². The number of hydrogen-bond acceptors (Lipinski definition) is 1. The van der Waals surface area contributed by atoms with Crippen LogP contribution in [-0.2, 0) is 19.3 Å². The smallest absolute Gasteiger partial charge is 0.309 e. The van der Waals surface area contributed by atoms with Crippen molar-refractivity contribution in [2.24, 2.45) is 0 Å². The van der Waals surface area contributed by atoms with Crippen LogP contribution in [0.2, 0.25) is 0 Å². The second-order valence-corrected chi connectivity index (χ2v) is 4.83. The summed E-state index contributed by atoms with van der Waals surface area (Å²) in [6, 6.07) is 9.83. The molecular weight excluding hydrogens is 282 g/mol. The fourth-order valence-corrected chi connectivity index (χ4v) is 2.11. The van der Waals surface area contributed by atoms with E-state index in [-0.39, 0.29) is 17.9 Å². The Morgan fingerprint density at radius 3 is 2.33 bits per heavy atom. The zero-order chi connectivity index (χ0) is 15.5. The molecule has 2 aromatic rings. The number of benzene rings is 2. The minimum Gasteiger partial charge on any atom is -0.309 e. The van der Waals surface area contributed by atoms with Crippen molar-refractivity contribution in [1.82, 2.24) is 5.32 Å². The van der Waals surface area contributed by atoms with E-state index in [1.807, 2.05) is 6.92 Å². The van der Waals surface area contributed by atoms with Crippen molar-refractivity contribution in [2.75, 3.05) is 0 Å². The minimum absolute atomic E-state index is 0.0750. The van der Waals surface area contributed by atoms with Gasteiger partial charge in [-0.05, 0) is 41.8 Å². The molecule has 0 fully saturated rings. The Labute approximate surface area is 120 Å². The predicted molar refractivity (Wildman–Crippen MR) is 73.1 cm³/mol. The molecule has 0 spiro atoms. The molecule has 1 nitrogen and oxygen atoms in total. The van der Waals surface area contributed by atoms with Crippen molar-refractivity contribution < 1.29 is 17.6 Å². The Kier molecular flexibility index (Phi) is 4.63. The highest BCUT2D eigenvalue weighted by Crippen LogP contribution is 2.31. The largest absolute Gasteiger partial charge is 0.416 e. The summed E-state index contributed by atoms with van der Waals surface area (Å²) in [6.07, 6.45) is -4.37. The third-order valence-electron chi connectivity index (χ3n) is 3.26. The Morgan fingerprint density at radius 2 is 1.62 bits per heavy atom. The molecule has 5 heteroatoms. The minimum atomic E-state index is -4.37. The second kappa shape index (κ2) is 6.26. The van der Waals surface area contributed by atoms with E-state index in [4.69, 9.17) is 0 Å². The fraction of sp³-hybridized carbons (Fsp3) is 0.250. The first-order valence-corrected chi connectivity index (χ1v) is 6.49. The van der Waals surface area contributed by atoms with Crippen LogP contribution in [0.5, 0.6) is 0 Å². The predicted octanol–water partition coefficient (Wildman–Crippen LogP) is 4.44. The van der Waals surface area contributed by atoms with Crippen molar-refractivity contribution in [1.29, 1.82) is 0 Å². The summed E-state index contributed by atoms with van der Waals surface area (Å²) in [4.78, 5) is 0. The van der Waals surface area contributed by atoms with Gasteiger partial charge in [-0.1, -0.05) is 24.3 Å². The Balaban J connectivity index is 2.06. The summed E-state index contributed by atoms with van der Waals surface area (Å²) in [5.74, 6) is -0.354. The lowest BCUT2D eigenvalue weighted by Gasteiger charge is -2.14. The van der Waals surface area contributed by atoms with E-state index >= 15 is 0 Å². The lowest BCUT2D eigenvalue weighted by molar-refractivity contribution is -0.138. The van der Waals surface area contributed by atoms with E-state index in [0.29, 0.717) is 6.54 Å². The standard InChI is InChI=1S/C16H15F4N/c1-11-6-7-14(17)8-13(11)10-21-9-12-4-2-3-5-15(12)16(18,19)20/h2-8,21H,9-10H2,1H3. The maximum Gasteiger partial charge on any atom is 0.416 e. The molecule has 0 atom stereocenters. The van der Waals surface area contributed by atoms with Crippen molar-refractivity contribution in [2.45, 2.75) is 26.2 Å². The first kappa shape index (κ1) is 15.5. The molecule has 0 radical (unpaired) electrons. The molecule has 0 amide bonds. The van der Waals surface area contributed by atoms with Crippen LogP contribution >= 0.6 is 0 Å². The summed E-state index contributed by atoms with van der Waals surface area (Å²) >= 11 is 0. The average Bonchev–Trinajstić information content (AvgIpc) is 2.42. The number of hydrogen-bond donors (Lipinski definition) is 1. The van der Waals surface area contributed by atoms with Gasteiger partial charge >= 0.3 is 6.18 Å². The molecular formula is C16H15F4N. The van der Waals surface area contributed by atoms with E-state index in [9.17, 15) is 17.6 Å². The Morgan fingerprint density at radius 1 is 0.952 bits per heavy atom. The summed E-state index contributed by atoms with van der Waals surface area (Å²) < 4.78 is 51.7. The monoisotopic (exact) mass is 297 g/mol. The van der Waals surface area contributed by atoms with Gasteiger partial charge in [0.2, 0.25) is 0 Å². The summed E-state index contributed by atoms with van der Waals surface area (Å²) in [7, 11) is 0. The van der Waals surface area contributed by atoms with Gasteiger partial charge in [0.15, 0.2) is 0 Å².